The summed E-state index contributed by atoms with van der Waals surface area (Å²) in [6, 6.07) is 13.0. The lowest BCUT2D eigenvalue weighted by atomic mass is 10.1. The molecule has 1 N–H and O–H groups in total. The number of benzene rings is 2. The van der Waals surface area contributed by atoms with Gasteiger partial charge in [0.25, 0.3) is 0 Å². The molecule has 2 aromatic carbocycles. The number of hydrogen-bond acceptors (Lipinski definition) is 2. The van der Waals surface area contributed by atoms with E-state index in [9.17, 15) is 9.90 Å². The van der Waals surface area contributed by atoms with Gasteiger partial charge < -0.3 is 9.84 Å². The Bertz CT molecular complexity index is 564. The molecule has 0 aromatic heterocycles. The van der Waals surface area contributed by atoms with E-state index < -0.39 is 12.1 Å². The largest absolute Gasteiger partial charge is 0.478 e. The van der Waals surface area contributed by atoms with E-state index in [0.717, 1.165) is 0 Å². The summed E-state index contributed by atoms with van der Waals surface area (Å²) in [6.07, 6.45) is -1.08. The molecule has 98 valence electrons. The molecule has 0 aliphatic heterocycles. The molecule has 0 fully saturated rings. The summed E-state index contributed by atoms with van der Waals surface area (Å²) >= 11 is 11.5. The molecule has 0 unspecified atom stereocenters. The van der Waals surface area contributed by atoms with Crippen LogP contribution in [0.1, 0.15) is 11.7 Å². The van der Waals surface area contributed by atoms with Crippen molar-refractivity contribution in [3.05, 3.63) is 64.1 Å². The van der Waals surface area contributed by atoms with E-state index in [1.807, 2.05) is 0 Å². The van der Waals surface area contributed by atoms with Gasteiger partial charge in [-0.2, -0.15) is 0 Å². The first-order valence-electron chi connectivity index (χ1n) is 5.47. The van der Waals surface area contributed by atoms with Gasteiger partial charge in [0.05, 0.1) is 0 Å². The maximum atomic E-state index is 11.3. The van der Waals surface area contributed by atoms with Crippen molar-refractivity contribution in [3.8, 4) is 5.75 Å². The second-order valence-corrected chi connectivity index (χ2v) is 4.71. The molecule has 0 aliphatic rings. The number of halogens is 2. The van der Waals surface area contributed by atoms with Gasteiger partial charge in [-0.25, -0.2) is 4.79 Å². The Labute approximate surface area is 120 Å². The molecule has 2 rings (SSSR count). The van der Waals surface area contributed by atoms with Gasteiger partial charge in [-0.05, 0) is 36.4 Å². The summed E-state index contributed by atoms with van der Waals surface area (Å²) in [5.41, 5.74) is 0.520. The summed E-state index contributed by atoms with van der Waals surface area (Å²) < 4.78 is 5.46. The fourth-order valence-electron chi connectivity index (χ4n) is 1.55. The third kappa shape index (κ3) is 3.63. The van der Waals surface area contributed by atoms with Crippen molar-refractivity contribution in [2.24, 2.45) is 0 Å². The van der Waals surface area contributed by atoms with Gasteiger partial charge >= 0.3 is 5.97 Å². The highest BCUT2D eigenvalue weighted by atomic mass is 35.5. The standard InChI is InChI=1S/C14H10Cl2O3/c15-10-3-1-9(2-4-10)13(14(17)18)19-12-7-5-11(16)6-8-12/h1-8,13H,(H,17,18)/t13-/m1/s1. The van der Waals surface area contributed by atoms with Crippen LogP contribution in [0.15, 0.2) is 48.5 Å². The highest BCUT2D eigenvalue weighted by Gasteiger charge is 2.21. The molecule has 0 radical (unpaired) electrons. The molecular weight excluding hydrogens is 287 g/mol. The molecule has 1 atom stereocenters. The summed E-state index contributed by atoms with van der Waals surface area (Å²) in [4.78, 5) is 11.3. The van der Waals surface area contributed by atoms with E-state index in [4.69, 9.17) is 27.9 Å². The van der Waals surface area contributed by atoms with Crippen LogP contribution in [0, 0.1) is 0 Å². The van der Waals surface area contributed by atoms with E-state index in [1.54, 1.807) is 48.5 Å². The topological polar surface area (TPSA) is 46.5 Å². The minimum absolute atomic E-state index is 0.437. The smallest absolute Gasteiger partial charge is 0.349 e. The minimum Gasteiger partial charge on any atom is -0.478 e. The van der Waals surface area contributed by atoms with E-state index in [2.05, 4.69) is 0 Å². The SMILES string of the molecule is O=C(O)[C@H](Oc1ccc(Cl)cc1)c1ccc(Cl)cc1. The zero-order valence-corrected chi connectivity index (χ0v) is 11.2. The fourth-order valence-corrected chi connectivity index (χ4v) is 1.80. The second kappa shape index (κ2) is 5.95. The van der Waals surface area contributed by atoms with Crippen molar-refractivity contribution in [1.29, 1.82) is 0 Å². The molecule has 3 nitrogen and oxygen atoms in total. The van der Waals surface area contributed by atoms with Crippen LogP contribution in [0.4, 0.5) is 0 Å². The molecular formula is C14H10Cl2O3. The second-order valence-electron chi connectivity index (χ2n) is 3.84. The van der Waals surface area contributed by atoms with Gasteiger partial charge in [0.2, 0.25) is 6.10 Å². The molecule has 0 amide bonds. The Morgan fingerprint density at radius 1 is 0.947 bits per heavy atom. The number of hydrogen-bond donors (Lipinski definition) is 1. The van der Waals surface area contributed by atoms with Crippen LogP contribution in [-0.4, -0.2) is 11.1 Å². The highest BCUT2D eigenvalue weighted by molar-refractivity contribution is 6.30. The lowest BCUT2D eigenvalue weighted by Crippen LogP contribution is -2.18. The van der Waals surface area contributed by atoms with Crippen molar-refractivity contribution < 1.29 is 14.6 Å². The summed E-state index contributed by atoms with van der Waals surface area (Å²) in [5, 5.41) is 10.3. The van der Waals surface area contributed by atoms with Gasteiger partial charge in [0, 0.05) is 15.6 Å². The molecule has 0 spiro atoms. The number of ether oxygens (including phenoxy) is 1. The van der Waals surface area contributed by atoms with Crippen LogP contribution in [0.5, 0.6) is 5.75 Å². The number of aliphatic carboxylic acids is 1. The average molecular weight is 297 g/mol. The third-order valence-electron chi connectivity index (χ3n) is 2.46. The molecule has 0 aliphatic carbocycles. The molecule has 5 heteroatoms. The summed E-state index contributed by atoms with van der Waals surface area (Å²) in [5.74, 6) is -0.635. The van der Waals surface area contributed by atoms with Crippen LogP contribution in [0.2, 0.25) is 10.0 Å². The van der Waals surface area contributed by atoms with Crippen molar-refractivity contribution in [2.45, 2.75) is 6.10 Å². The van der Waals surface area contributed by atoms with Gasteiger partial charge in [0.1, 0.15) is 5.75 Å². The van der Waals surface area contributed by atoms with Crippen LogP contribution in [-0.2, 0) is 4.79 Å². The fraction of sp³-hybridized carbons (Fsp3) is 0.0714. The van der Waals surface area contributed by atoms with E-state index in [1.165, 1.54) is 0 Å². The number of carboxylic acids is 1. The van der Waals surface area contributed by atoms with Crippen LogP contribution < -0.4 is 4.74 Å². The zero-order chi connectivity index (χ0) is 13.8. The monoisotopic (exact) mass is 296 g/mol. The van der Waals surface area contributed by atoms with Crippen molar-refractivity contribution in [1.82, 2.24) is 0 Å². The maximum absolute atomic E-state index is 11.3. The molecule has 19 heavy (non-hydrogen) atoms. The van der Waals surface area contributed by atoms with Crippen molar-refractivity contribution >= 4 is 29.2 Å². The Hall–Kier alpha value is -1.71. The van der Waals surface area contributed by atoms with Crippen LogP contribution in [0.25, 0.3) is 0 Å². The summed E-state index contributed by atoms with van der Waals surface area (Å²) in [6.45, 7) is 0. The van der Waals surface area contributed by atoms with E-state index in [0.29, 0.717) is 21.4 Å². The zero-order valence-electron chi connectivity index (χ0n) is 9.72. The number of carboxylic acid groups (broad SMARTS) is 1. The van der Waals surface area contributed by atoms with Crippen LogP contribution in [0.3, 0.4) is 0 Å². The van der Waals surface area contributed by atoms with E-state index in [-0.39, 0.29) is 0 Å². The maximum Gasteiger partial charge on any atom is 0.349 e. The quantitative estimate of drug-likeness (QED) is 0.920. The predicted molar refractivity (Wildman–Crippen MR) is 73.9 cm³/mol. The van der Waals surface area contributed by atoms with Crippen LogP contribution >= 0.6 is 23.2 Å². The Balaban J connectivity index is 2.23. The normalized spacial score (nSPS) is 11.9. The minimum atomic E-state index is -1.08. The summed E-state index contributed by atoms with van der Waals surface area (Å²) in [7, 11) is 0. The van der Waals surface area contributed by atoms with E-state index >= 15 is 0 Å². The van der Waals surface area contributed by atoms with Crippen molar-refractivity contribution in [3.63, 3.8) is 0 Å². The van der Waals surface area contributed by atoms with Gasteiger partial charge in [-0.15, -0.1) is 0 Å². The molecule has 0 saturated carbocycles. The number of carbonyl (C=O) groups is 1. The first-order valence-corrected chi connectivity index (χ1v) is 6.22. The Morgan fingerprint density at radius 3 is 1.89 bits per heavy atom. The predicted octanol–water partition coefficient (Wildman–Crippen LogP) is 4.20. The van der Waals surface area contributed by atoms with Gasteiger partial charge in [-0.1, -0.05) is 35.3 Å². The average Bonchev–Trinajstić information content (AvgIpc) is 2.39. The molecule has 0 bridgehead atoms. The third-order valence-corrected chi connectivity index (χ3v) is 2.97. The molecule has 0 saturated heterocycles. The van der Waals surface area contributed by atoms with Gasteiger partial charge in [0.15, 0.2) is 0 Å². The first kappa shape index (κ1) is 13.7. The highest BCUT2D eigenvalue weighted by Crippen LogP contribution is 2.24. The molecule has 2 aromatic rings. The first-order chi connectivity index (χ1) is 9.06. The molecule has 0 heterocycles. The van der Waals surface area contributed by atoms with Crippen molar-refractivity contribution in [2.75, 3.05) is 0 Å². The van der Waals surface area contributed by atoms with Gasteiger partial charge in [-0.3, -0.25) is 0 Å². The lowest BCUT2D eigenvalue weighted by molar-refractivity contribution is -0.145. The Kier molecular flexibility index (Phi) is 4.30. The Morgan fingerprint density at radius 2 is 1.42 bits per heavy atom. The lowest BCUT2D eigenvalue weighted by Gasteiger charge is -2.15. The number of rotatable bonds is 4.